The molecule has 0 atom stereocenters. The van der Waals surface area contributed by atoms with Gasteiger partial charge in [-0.2, -0.15) is 0 Å². The largest absolute Gasteiger partial charge is 0.298 e. The Morgan fingerprint density at radius 3 is 2.53 bits per heavy atom. The Balaban J connectivity index is 2.87. The van der Waals surface area contributed by atoms with Crippen molar-refractivity contribution in [1.82, 2.24) is 0 Å². The Hall–Kier alpha value is -1.96. The Bertz CT molecular complexity index is 541. The molecule has 74 valence electrons. The van der Waals surface area contributed by atoms with Crippen LogP contribution in [0.2, 0.25) is 0 Å². The number of carbonyl (C=O) groups excluding carboxylic acids is 2. The van der Waals surface area contributed by atoms with Gasteiger partial charge in [-0.15, -0.1) is 0 Å². The summed E-state index contributed by atoms with van der Waals surface area (Å²) in [4.78, 5) is 22.3. The highest BCUT2D eigenvalue weighted by Crippen LogP contribution is 2.21. The lowest BCUT2D eigenvalue weighted by Crippen LogP contribution is -1.99. The smallest absolute Gasteiger partial charge is 0.160 e. The highest BCUT2D eigenvalue weighted by molar-refractivity contribution is 6.09. The summed E-state index contributed by atoms with van der Waals surface area (Å²) in [6, 6.07) is 11.1. The van der Waals surface area contributed by atoms with E-state index in [1.54, 1.807) is 6.07 Å². The number of carbonyl (C=O) groups is 2. The van der Waals surface area contributed by atoms with Crippen molar-refractivity contribution in [3.8, 4) is 0 Å². The van der Waals surface area contributed by atoms with E-state index in [1.165, 1.54) is 6.92 Å². The average molecular weight is 198 g/mol. The molecule has 0 N–H and O–H groups in total. The van der Waals surface area contributed by atoms with Gasteiger partial charge in [-0.3, -0.25) is 9.59 Å². The summed E-state index contributed by atoms with van der Waals surface area (Å²) in [6.45, 7) is 1.47. The summed E-state index contributed by atoms with van der Waals surface area (Å²) in [7, 11) is 0. The average Bonchev–Trinajstić information content (AvgIpc) is 2.27. The molecular formula is C13H10O2. The molecule has 0 radical (unpaired) electrons. The lowest BCUT2D eigenvalue weighted by atomic mass is 9.98. The number of hydrogen-bond donors (Lipinski definition) is 0. The van der Waals surface area contributed by atoms with Gasteiger partial charge in [0, 0.05) is 11.1 Å². The maximum absolute atomic E-state index is 11.3. The highest BCUT2D eigenvalue weighted by atomic mass is 16.1. The Kier molecular flexibility index (Phi) is 2.34. The van der Waals surface area contributed by atoms with Crippen molar-refractivity contribution in [2.75, 3.05) is 0 Å². The van der Waals surface area contributed by atoms with Crippen molar-refractivity contribution in [2.24, 2.45) is 0 Å². The topological polar surface area (TPSA) is 34.1 Å². The molecule has 2 rings (SSSR count). The van der Waals surface area contributed by atoms with Crippen LogP contribution >= 0.6 is 0 Å². The number of rotatable bonds is 2. The third-order valence-electron chi connectivity index (χ3n) is 2.47. The number of fused-ring (bicyclic) bond motifs is 1. The molecule has 2 nitrogen and oxygen atoms in total. The third-order valence-corrected chi connectivity index (χ3v) is 2.47. The molecular weight excluding hydrogens is 188 g/mol. The van der Waals surface area contributed by atoms with Gasteiger partial charge in [0.1, 0.15) is 0 Å². The number of ketones is 1. The molecule has 0 aliphatic heterocycles. The molecule has 0 saturated carbocycles. The lowest BCUT2D eigenvalue weighted by molar-refractivity contribution is 0.101. The first kappa shape index (κ1) is 9.59. The van der Waals surface area contributed by atoms with Gasteiger partial charge in [-0.25, -0.2) is 0 Å². The van der Waals surface area contributed by atoms with E-state index in [0.29, 0.717) is 11.1 Å². The van der Waals surface area contributed by atoms with Gasteiger partial charge < -0.3 is 0 Å². The minimum absolute atomic E-state index is 0.0807. The van der Waals surface area contributed by atoms with Crippen molar-refractivity contribution < 1.29 is 9.59 Å². The van der Waals surface area contributed by atoms with E-state index in [2.05, 4.69) is 0 Å². The van der Waals surface area contributed by atoms with Crippen LogP contribution in [0, 0.1) is 0 Å². The van der Waals surface area contributed by atoms with Crippen LogP contribution in [0.5, 0.6) is 0 Å². The molecule has 0 fully saturated rings. The van der Waals surface area contributed by atoms with E-state index in [-0.39, 0.29) is 5.78 Å². The van der Waals surface area contributed by atoms with E-state index in [1.807, 2.05) is 30.3 Å². The molecule has 0 saturated heterocycles. The fraction of sp³-hybridized carbons (Fsp3) is 0.0769. The van der Waals surface area contributed by atoms with Crippen LogP contribution in [0.1, 0.15) is 27.6 Å². The second-order valence-corrected chi connectivity index (χ2v) is 3.42. The molecule has 0 unspecified atom stereocenters. The molecule has 0 aliphatic carbocycles. The first-order valence-corrected chi connectivity index (χ1v) is 4.72. The number of Topliss-reactive ketones (excluding diaryl/α,β-unsaturated/α-hetero) is 1. The Morgan fingerprint density at radius 2 is 1.87 bits per heavy atom. The van der Waals surface area contributed by atoms with Crippen molar-refractivity contribution in [2.45, 2.75) is 6.92 Å². The van der Waals surface area contributed by atoms with E-state index in [0.717, 1.165) is 17.1 Å². The van der Waals surface area contributed by atoms with Crippen molar-refractivity contribution in [3.63, 3.8) is 0 Å². The molecule has 2 aromatic carbocycles. The van der Waals surface area contributed by atoms with Gasteiger partial charge in [0.15, 0.2) is 12.1 Å². The predicted octanol–water partition coefficient (Wildman–Crippen LogP) is 2.85. The van der Waals surface area contributed by atoms with Crippen molar-refractivity contribution in [1.29, 1.82) is 0 Å². The third kappa shape index (κ3) is 1.54. The second kappa shape index (κ2) is 3.65. The summed E-state index contributed by atoms with van der Waals surface area (Å²) in [5.74, 6) is -0.0807. The maximum Gasteiger partial charge on any atom is 0.160 e. The quantitative estimate of drug-likeness (QED) is 0.549. The molecule has 15 heavy (non-hydrogen) atoms. The summed E-state index contributed by atoms with van der Waals surface area (Å²) < 4.78 is 0. The summed E-state index contributed by atoms with van der Waals surface area (Å²) in [5.41, 5.74) is 0.976. The van der Waals surface area contributed by atoms with Gasteiger partial charge in [-0.1, -0.05) is 36.4 Å². The Labute approximate surface area is 87.5 Å². The first-order chi connectivity index (χ1) is 7.24. The fourth-order valence-electron chi connectivity index (χ4n) is 1.73. The van der Waals surface area contributed by atoms with E-state index >= 15 is 0 Å². The zero-order chi connectivity index (χ0) is 10.8. The minimum Gasteiger partial charge on any atom is -0.298 e. The molecule has 0 aromatic heterocycles. The van der Waals surface area contributed by atoms with Gasteiger partial charge in [0.2, 0.25) is 0 Å². The zero-order valence-electron chi connectivity index (χ0n) is 8.36. The van der Waals surface area contributed by atoms with Crippen molar-refractivity contribution >= 4 is 22.8 Å². The monoisotopic (exact) mass is 198 g/mol. The summed E-state index contributed by atoms with van der Waals surface area (Å²) >= 11 is 0. The van der Waals surface area contributed by atoms with Crippen LogP contribution < -0.4 is 0 Å². The molecule has 2 aromatic rings. The van der Waals surface area contributed by atoms with Crippen LogP contribution in [0.3, 0.4) is 0 Å². The maximum atomic E-state index is 11.3. The Morgan fingerprint density at radius 1 is 1.13 bits per heavy atom. The summed E-state index contributed by atoms with van der Waals surface area (Å²) in [6.07, 6.45) is 0.749. The highest BCUT2D eigenvalue weighted by Gasteiger charge is 2.09. The van der Waals surface area contributed by atoms with Crippen LogP contribution in [-0.2, 0) is 0 Å². The second-order valence-electron chi connectivity index (χ2n) is 3.42. The standard InChI is InChI=1S/C13H10O2/c1-9(15)11-7-6-10-4-2-3-5-12(10)13(11)8-14/h2-8H,1H3. The van der Waals surface area contributed by atoms with Crippen LogP contribution in [0.15, 0.2) is 36.4 Å². The number of benzene rings is 2. The number of hydrogen-bond acceptors (Lipinski definition) is 2. The first-order valence-electron chi connectivity index (χ1n) is 4.72. The van der Waals surface area contributed by atoms with Gasteiger partial charge >= 0.3 is 0 Å². The fourth-order valence-corrected chi connectivity index (χ4v) is 1.73. The molecule has 0 amide bonds. The van der Waals surface area contributed by atoms with Gasteiger partial charge in [0.05, 0.1) is 0 Å². The van der Waals surface area contributed by atoms with E-state index in [4.69, 9.17) is 0 Å². The molecule has 0 spiro atoms. The minimum atomic E-state index is -0.0807. The normalized spacial score (nSPS) is 10.2. The van der Waals surface area contributed by atoms with Crippen LogP contribution in [-0.4, -0.2) is 12.1 Å². The van der Waals surface area contributed by atoms with E-state index < -0.39 is 0 Å². The van der Waals surface area contributed by atoms with Crippen LogP contribution in [0.4, 0.5) is 0 Å². The lowest BCUT2D eigenvalue weighted by Gasteiger charge is -2.04. The molecule has 2 heteroatoms. The molecule has 0 aliphatic rings. The molecule has 0 heterocycles. The zero-order valence-corrected chi connectivity index (χ0v) is 8.36. The summed E-state index contributed by atoms with van der Waals surface area (Å²) in [5, 5.41) is 1.81. The van der Waals surface area contributed by atoms with E-state index in [9.17, 15) is 9.59 Å². The van der Waals surface area contributed by atoms with Crippen molar-refractivity contribution in [3.05, 3.63) is 47.5 Å². The predicted molar refractivity (Wildman–Crippen MR) is 59.3 cm³/mol. The van der Waals surface area contributed by atoms with Crippen LogP contribution in [0.25, 0.3) is 10.8 Å². The van der Waals surface area contributed by atoms with Gasteiger partial charge in [0.25, 0.3) is 0 Å². The van der Waals surface area contributed by atoms with Gasteiger partial charge in [-0.05, 0) is 17.7 Å². The molecule has 0 bridgehead atoms. The number of aldehydes is 1. The SMILES string of the molecule is CC(=O)c1ccc2ccccc2c1C=O.